The number of thioether (sulfide) groups is 1. The van der Waals surface area contributed by atoms with Gasteiger partial charge in [-0.05, 0) is 58.4 Å². The second-order valence-corrected chi connectivity index (χ2v) is 7.79. The molecular formula is C18H27N3O2S. The second-order valence-electron chi connectivity index (χ2n) is 6.87. The Morgan fingerprint density at radius 3 is 2.42 bits per heavy atom. The number of benzene rings is 1. The van der Waals surface area contributed by atoms with Crippen molar-refractivity contribution < 1.29 is 9.53 Å². The number of rotatable bonds is 4. The molecule has 1 saturated heterocycles. The van der Waals surface area contributed by atoms with Gasteiger partial charge in [0, 0.05) is 11.7 Å². The van der Waals surface area contributed by atoms with Crippen LogP contribution in [0.5, 0.6) is 5.75 Å². The smallest absolute Gasteiger partial charge is 0.331 e. The molecule has 132 valence electrons. The van der Waals surface area contributed by atoms with Crippen molar-refractivity contribution in [2.24, 2.45) is 4.99 Å². The van der Waals surface area contributed by atoms with Crippen molar-refractivity contribution in [3.8, 4) is 5.75 Å². The monoisotopic (exact) mass is 349 g/mol. The fourth-order valence-electron chi connectivity index (χ4n) is 2.34. The highest BCUT2D eigenvalue weighted by molar-refractivity contribution is 8.14. The summed E-state index contributed by atoms with van der Waals surface area (Å²) in [7, 11) is 1.64. The van der Waals surface area contributed by atoms with Crippen LogP contribution in [0.25, 0.3) is 0 Å². The first-order valence-electron chi connectivity index (χ1n) is 8.24. The highest BCUT2D eigenvalue weighted by atomic mass is 32.2. The summed E-state index contributed by atoms with van der Waals surface area (Å²) in [6, 6.07) is 7.67. The van der Waals surface area contributed by atoms with Crippen molar-refractivity contribution in [2.75, 3.05) is 17.9 Å². The van der Waals surface area contributed by atoms with Gasteiger partial charge in [0.15, 0.2) is 5.17 Å². The minimum atomic E-state index is -0.212. The summed E-state index contributed by atoms with van der Waals surface area (Å²) in [6.45, 7) is 10.3. The van der Waals surface area contributed by atoms with E-state index in [-0.39, 0.29) is 17.6 Å². The summed E-state index contributed by atoms with van der Waals surface area (Å²) >= 11 is 1.61. The summed E-state index contributed by atoms with van der Waals surface area (Å²) in [5.74, 6) is 1.34. The molecule has 0 radical (unpaired) electrons. The van der Waals surface area contributed by atoms with Gasteiger partial charge in [-0.2, -0.15) is 0 Å². The molecule has 1 unspecified atom stereocenters. The van der Waals surface area contributed by atoms with Crippen LogP contribution in [-0.4, -0.2) is 40.7 Å². The van der Waals surface area contributed by atoms with Gasteiger partial charge < -0.3 is 4.74 Å². The normalized spacial score (nSPS) is 18.9. The molecule has 5 nitrogen and oxygen atoms in total. The number of urea groups is 1. The van der Waals surface area contributed by atoms with Gasteiger partial charge >= 0.3 is 6.03 Å². The van der Waals surface area contributed by atoms with Gasteiger partial charge in [0.05, 0.1) is 18.5 Å². The molecule has 24 heavy (non-hydrogen) atoms. The first-order chi connectivity index (χ1) is 11.3. The van der Waals surface area contributed by atoms with E-state index in [2.05, 4.69) is 34.6 Å². The Morgan fingerprint density at radius 1 is 1.29 bits per heavy atom. The lowest BCUT2D eigenvalue weighted by Gasteiger charge is -2.39. The van der Waals surface area contributed by atoms with E-state index in [1.165, 1.54) is 0 Å². The molecule has 0 aromatic heterocycles. The average Bonchev–Trinajstić information content (AvgIpc) is 2.53. The van der Waals surface area contributed by atoms with Gasteiger partial charge in [-0.15, -0.1) is 0 Å². The van der Waals surface area contributed by atoms with Crippen LogP contribution < -0.4 is 9.64 Å². The van der Waals surface area contributed by atoms with Gasteiger partial charge in [0.2, 0.25) is 0 Å². The first kappa shape index (κ1) is 18.6. The molecule has 1 fully saturated rings. The van der Waals surface area contributed by atoms with Gasteiger partial charge in [-0.3, -0.25) is 14.8 Å². The van der Waals surface area contributed by atoms with Crippen molar-refractivity contribution in [3.05, 3.63) is 24.3 Å². The molecular weight excluding hydrogens is 322 g/mol. The van der Waals surface area contributed by atoms with Crippen molar-refractivity contribution in [1.82, 2.24) is 4.90 Å². The van der Waals surface area contributed by atoms with Crippen LogP contribution in [0.4, 0.5) is 10.5 Å². The largest absolute Gasteiger partial charge is 0.497 e. The average molecular weight is 350 g/mol. The number of anilines is 1. The quantitative estimate of drug-likeness (QED) is 0.799. The van der Waals surface area contributed by atoms with Gasteiger partial charge in [0.25, 0.3) is 0 Å². The fourth-order valence-corrected chi connectivity index (χ4v) is 3.58. The molecule has 1 aliphatic heterocycles. The van der Waals surface area contributed by atoms with Gasteiger partial charge in [-0.25, -0.2) is 4.79 Å². The SMILES string of the molecule is CCC(C)N1C(=O)N(c2ccc(OC)cc2)CS/C1=N\C(C)(C)C. The Hall–Kier alpha value is -1.69. The zero-order valence-corrected chi connectivity index (χ0v) is 16.2. The molecule has 2 amide bonds. The van der Waals surface area contributed by atoms with E-state index in [0.717, 1.165) is 23.0 Å². The predicted molar refractivity (Wildman–Crippen MR) is 102 cm³/mol. The highest BCUT2D eigenvalue weighted by Crippen LogP contribution is 2.30. The number of amides is 2. The predicted octanol–water partition coefficient (Wildman–Crippen LogP) is 4.58. The first-order valence-corrected chi connectivity index (χ1v) is 9.23. The molecule has 1 atom stereocenters. The van der Waals surface area contributed by atoms with Crippen molar-refractivity contribution in [2.45, 2.75) is 52.6 Å². The maximum absolute atomic E-state index is 13.1. The third kappa shape index (κ3) is 4.23. The number of carbonyl (C=O) groups is 1. The maximum atomic E-state index is 13.1. The van der Waals surface area contributed by atoms with Crippen molar-refractivity contribution in [3.63, 3.8) is 0 Å². The summed E-state index contributed by atoms with van der Waals surface area (Å²) in [5, 5.41) is 0.812. The van der Waals surface area contributed by atoms with Crippen molar-refractivity contribution >= 4 is 28.6 Å². The lowest BCUT2D eigenvalue weighted by atomic mass is 10.1. The summed E-state index contributed by atoms with van der Waals surface area (Å²) in [5.41, 5.74) is 0.660. The van der Waals surface area contributed by atoms with E-state index in [1.54, 1.807) is 23.8 Å². The molecule has 2 rings (SSSR count). The standard InChI is InChI=1S/C18H27N3O2S/c1-7-13(2)21-16(19-18(3,4)5)24-12-20(17(21)22)14-8-10-15(23-6)11-9-14/h8-11,13H,7,12H2,1-6H3/b19-16-. The number of hydrogen-bond donors (Lipinski definition) is 0. The lowest BCUT2D eigenvalue weighted by molar-refractivity contribution is 0.217. The molecule has 1 heterocycles. The van der Waals surface area contributed by atoms with Crippen LogP contribution in [-0.2, 0) is 0 Å². The Bertz CT molecular complexity index is 608. The van der Waals surface area contributed by atoms with Crippen LogP contribution >= 0.6 is 11.8 Å². The Kier molecular flexibility index (Phi) is 5.80. The third-order valence-electron chi connectivity index (χ3n) is 3.81. The lowest BCUT2D eigenvalue weighted by Crippen LogP contribution is -2.54. The van der Waals surface area contributed by atoms with E-state index in [4.69, 9.17) is 9.73 Å². The minimum Gasteiger partial charge on any atom is -0.497 e. The zero-order chi connectivity index (χ0) is 17.9. The number of nitrogens with zero attached hydrogens (tertiary/aromatic N) is 3. The van der Waals surface area contributed by atoms with Crippen molar-refractivity contribution in [1.29, 1.82) is 0 Å². The number of aliphatic imine (C=N–C) groups is 1. The summed E-state index contributed by atoms with van der Waals surface area (Å²) in [4.78, 5) is 21.5. The van der Waals surface area contributed by atoms with Gasteiger partial charge in [-0.1, -0.05) is 18.7 Å². The second kappa shape index (κ2) is 7.47. The molecule has 0 saturated carbocycles. The van der Waals surface area contributed by atoms with E-state index >= 15 is 0 Å². The molecule has 0 aliphatic carbocycles. The van der Waals surface area contributed by atoms with E-state index in [0.29, 0.717) is 5.88 Å². The number of amidine groups is 1. The molecule has 1 aromatic carbocycles. The number of ether oxygens (including phenoxy) is 1. The number of methoxy groups -OCH3 is 1. The van der Waals surface area contributed by atoms with Crippen LogP contribution in [0.15, 0.2) is 29.3 Å². The molecule has 6 heteroatoms. The fraction of sp³-hybridized carbons (Fsp3) is 0.556. The molecule has 0 N–H and O–H groups in total. The number of carbonyl (C=O) groups excluding carboxylic acids is 1. The minimum absolute atomic E-state index is 0.0173. The van der Waals surface area contributed by atoms with E-state index < -0.39 is 0 Å². The maximum Gasteiger partial charge on any atom is 0.331 e. The molecule has 0 bridgehead atoms. The van der Waals surface area contributed by atoms with Gasteiger partial charge in [0.1, 0.15) is 5.75 Å². The third-order valence-corrected chi connectivity index (χ3v) is 4.75. The van der Waals surface area contributed by atoms with E-state index in [1.807, 2.05) is 29.2 Å². The summed E-state index contributed by atoms with van der Waals surface area (Å²) in [6.07, 6.45) is 0.881. The van der Waals surface area contributed by atoms with Crippen LogP contribution in [0.1, 0.15) is 41.0 Å². The molecule has 1 aromatic rings. The summed E-state index contributed by atoms with van der Waals surface area (Å²) < 4.78 is 5.19. The Morgan fingerprint density at radius 2 is 1.92 bits per heavy atom. The molecule has 0 spiro atoms. The number of hydrogen-bond acceptors (Lipinski definition) is 4. The van der Waals surface area contributed by atoms with Crippen LogP contribution in [0, 0.1) is 0 Å². The highest BCUT2D eigenvalue weighted by Gasteiger charge is 2.35. The van der Waals surface area contributed by atoms with Crippen LogP contribution in [0.2, 0.25) is 0 Å². The van der Waals surface area contributed by atoms with Crippen LogP contribution in [0.3, 0.4) is 0 Å². The molecule has 1 aliphatic rings. The topological polar surface area (TPSA) is 45.1 Å². The Labute approximate surface area is 149 Å². The Balaban J connectivity index is 2.33. The zero-order valence-electron chi connectivity index (χ0n) is 15.4. The van der Waals surface area contributed by atoms with E-state index in [9.17, 15) is 4.79 Å².